The van der Waals surface area contributed by atoms with Crippen molar-refractivity contribution in [2.75, 3.05) is 0 Å². The first-order valence-electron chi connectivity index (χ1n) is 4.63. The Labute approximate surface area is 74.4 Å². The fraction of sp³-hybridized carbons (Fsp3) is 1.00. The van der Waals surface area contributed by atoms with Gasteiger partial charge in [0.1, 0.15) is 0 Å². The monoisotopic (exact) mass is 178 g/mol. The third-order valence-corrected chi connectivity index (χ3v) is 2.50. The summed E-state index contributed by atoms with van der Waals surface area (Å²) in [4.78, 5) is 0. The van der Waals surface area contributed by atoms with Crippen LogP contribution < -0.4 is 0 Å². The molecule has 0 atom stereocenters. The van der Waals surface area contributed by atoms with Crippen LogP contribution >= 0.6 is 0 Å². The molecule has 0 nitrogen and oxygen atoms in total. The van der Waals surface area contributed by atoms with Crippen LogP contribution in [0.1, 0.15) is 47.5 Å². The lowest BCUT2D eigenvalue weighted by Crippen LogP contribution is -2.40. The molecule has 0 aromatic heterocycles. The van der Waals surface area contributed by atoms with E-state index in [0.29, 0.717) is 6.42 Å². The molecule has 74 valence electrons. The predicted molar refractivity (Wildman–Crippen MR) is 48.5 cm³/mol. The largest absolute Gasteiger partial charge is 0.255 e. The van der Waals surface area contributed by atoms with Gasteiger partial charge >= 0.3 is 0 Å². The van der Waals surface area contributed by atoms with Crippen LogP contribution in [0.15, 0.2) is 0 Å². The minimum absolute atomic E-state index is 0.570. The highest BCUT2D eigenvalue weighted by Gasteiger charge is 2.47. The summed E-state index contributed by atoms with van der Waals surface area (Å²) in [5.74, 6) is -3.12. The van der Waals surface area contributed by atoms with Gasteiger partial charge in [-0.2, -0.15) is 0 Å². The van der Waals surface area contributed by atoms with Crippen molar-refractivity contribution in [3.8, 4) is 0 Å². The van der Waals surface area contributed by atoms with Gasteiger partial charge in [0.15, 0.2) is 0 Å². The number of hydrogen-bond acceptors (Lipinski definition) is 0. The molecule has 2 heteroatoms. The Morgan fingerprint density at radius 3 is 1.83 bits per heavy atom. The van der Waals surface area contributed by atoms with Gasteiger partial charge in [-0.3, -0.25) is 0 Å². The Hall–Kier alpha value is -0.140. The first-order chi connectivity index (χ1) is 5.25. The molecule has 0 bridgehead atoms. The van der Waals surface area contributed by atoms with Crippen molar-refractivity contribution < 1.29 is 8.78 Å². The molecular weight excluding hydrogens is 158 g/mol. The summed E-state index contributed by atoms with van der Waals surface area (Å²) in [6.45, 7) is 8.40. The summed E-state index contributed by atoms with van der Waals surface area (Å²) in [6, 6.07) is 0. The Bertz CT molecular complexity index is 137. The molecule has 0 spiro atoms. The molecular formula is C10H20F2. The summed E-state index contributed by atoms with van der Waals surface area (Å²) in [7, 11) is 0. The van der Waals surface area contributed by atoms with E-state index in [0.717, 1.165) is 6.42 Å². The molecule has 0 aliphatic rings. The molecule has 0 aromatic carbocycles. The molecule has 0 unspecified atom stereocenters. The number of halogens is 2. The average molecular weight is 178 g/mol. The van der Waals surface area contributed by atoms with Crippen molar-refractivity contribution in [1.29, 1.82) is 0 Å². The van der Waals surface area contributed by atoms with E-state index < -0.39 is 17.3 Å². The third kappa shape index (κ3) is 2.18. The second kappa shape index (κ2) is 3.71. The third-order valence-electron chi connectivity index (χ3n) is 2.50. The zero-order valence-corrected chi connectivity index (χ0v) is 8.75. The van der Waals surface area contributed by atoms with Crippen molar-refractivity contribution in [2.45, 2.75) is 53.4 Å². The Morgan fingerprint density at radius 1 is 1.17 bits per heavy atom. The maximum atomic E-state index is 13.5. The van der Waals surface area contributed by atoms with Crippen LogP contribution in [0.2, 0.25) is 0 Å². The van der Waals surface area contributed by atoms with Crippen molar-refractivity contribution in [2.24, 2.45) is 11.3 Å². The fourth-order valence-corrected chi connectivity index (χ4v) is 1.57. The lowest BCUT2D eigenvalue weighted by molar-refractivity contribution is -0.143. The maximum absolute atomic E-state index is 13.5. The summed E-state index contributed by atoms with van der Waals surface area (Å²) in [5, 5.41) is 0. The zero-order valence-electron chi connectivity index (χ0n) is 8.75. The van der Waals surface area contributed by atoms with E-state index in [4.69, 9.17) is 0 Å². The van der Waals surface area contributed by atoms with Crippen LogP contribution in [-0.2, 0) is 0 Å². The van der Waals surface area contributed by atoms with Gasteiger partial charge in [-0.15, -0.1) is 0 Å². The first kappa shape index (κ1) is 11.9. The summed E-state index contributed by atoms with van der Waals surface area (Å²) < 4.78 is 27.0. The highest BCUT2D eigenvalue weighted by Crippen LogP contribution is 2.44. The van der Waals surface area contributed by atoms with Gasteiger partial charge in [0.25, 0.3) is 5.92 Å². The molecule has 0 amide bonds. The van der Waals surface area contributed by atoms with Crippen molar-refractivity contribution in [3.63, 3.8) is 0 Å². The van der Waals surface area contributed by atoms with E-state index in [1.807, 2.05) is 6.92 Å². The Balaban J connectivity index is 4.50. The molecule has 0 aliphatic carbocycles. The summed E-state index contributed by atoms with van der Waals surface area (Å²) in [6.07, 6.45) is 1.40. The van der Waals surface area contributed by atoms with Gasteiger partial charge < -0.3 is 0 Å². The predicted octanol–water partition coefficient (Wildman–Crippen LogP) is 4.10. The Kier molecular flexibility index (Phi) is 3.67. The first-order valence-corrected chi connectivity index (χ1v) is 4.63. The molecule has 0 saturated heterocycles. The van der Waals surface area contributed by atoms with Gasteiger partial charge in [-0.25, -0.2) is 8.78 Å². The van der Waals surface area contributed by atoms with E-state index in [-0.39, 0.29) is 0 Å². The minimum atomic E-state index is -2.55. The molecule has 0 rings (SSSR count). The molecule has 0 heterocycles. The number of rotatable bonds is 4. The van der Waals surface area contributed by atoms with Crippen LogP contribution in [0.25, 0.3) is 0 Å². The van der Waals surface area contributed by atoms with Gasteiger partial charge in [0.05, 0.1) is 0 Å². The van der Waals surface area contributed by atoms with E-state index in [1.165, 1.54) is 0 Å². The second-order valence-corrected chi connectivity index (χ2v) is 4.41. The van der Waals surface area contributed by atoms with Crippen molar-refractivity contribution in [1.82, 2.24) is 0 Å². The molecule has 12 heavy (non-hydrogen) atoms. The van der Waals surface area contributed by atoms with Gasteiger partial charge in [0.2, 0.25) is 0 Å². The van der Waals surface area contributed by atoms with E-state index >= 15 is 0 Å². The molecule has 0 radical (unpaired) electrons. The average Bonchev–Trinajstić information content (AvgIpc) is 1.86. The normalized spacial score (nSPS) is 14.0. The van der Waals surface area contributed by atoms with E-state index in [9.17, 15) is 8.78 Å². The Morgan fingerprint density at radius 2 is 1.58 bits per heavy atom. The van der Waals surface area contributed by atoms with Gasteiger partial charge in [0, 0.05) is 11.3 Å². The topological polar surface area (TPSA) is 0 Å². The molecule has 0 fully saturated rings. The maximum Gasteiger partial charge on any atom is 0.255 e. The smallest absolute Gasteiger partial charge is 0.206 e. The van der Waals surface area contributed by atoms with Crippen LogP contribution in [-0.4, -0.2) is 5.92 Å². The molecule has 0 saturated carbocycles. The lowest BCUT2D eigenvalue weighted by atomic mass is 9.76. The number of hydrogen-bond donors (Lipinski definition) is 0. The standard InChI is InChI=1S/C10H20F2/c1-6-7-9(4,5)10(11,12)8(2)3/h8H,6-7H2,1-5H3. The lowest BCUT2D eigenvalue weighted by Gasteiger charge is -2.36. The van der Waals surface area contributed by atoms with Crippen LogP contribution in [0.4, 0.5) is 8.78 Å². The highest BCUT2D eigenvalue weighted by molar-refractivity contribution is 4.87. The molecule has 0 aromatic rings. The highest BCUT2D eigenvalue weighted by atomic mass is 19.3. The van der Waals surface area contributed by atoms with Crippen molar-refractivity contribution >= 4 is 0 Å². The second-order valence-electron chi connectivity index (χ2n) is 4.41. The van der Waals surface area contributed by atoms with Gasteiger partial charge in [-0.05, 0) is 6.42 Å². The number of alkyl halides is 2. The summed E-state index contributed by atoms with van der Waals surface area (Å²) in [5.41, 5.74) is -0.865. The summed E-state index contributed by atoms with van der Waals surface area (Å²) >= 11 is 0. The molecule has 0 N–H and O–H groups in total. The van der Waals surface area contributed by atoms with E-state index in [1.54, 1.807) is 27.7 Å². The van der Waals surface area contributed by atoms with Gasteiger partial charge in [-0.1, -0.05) is 41.0 Å². The SMILES string of the molecule is CCCC(C)(C)C(F)(F)C(C)C. The quantitative estimate of drug-likeness (QED) is 0.608. The van der Waals surface area contributed by atoms with E-state index in [2.05, 4.69) is 0 Å². The minimum Gasteiger partial charge on any atom is -0.206 e. The van der Waals surface area contributed by atoms with Crippen LogP contribution in [0.5, 0.6) is 0 Å². The molecule has 0 aliphatic heterocycles. The van der Waals surface area contributed by atoms with Crippen LogP contribution in [0, 0.1) is 11.3 Å². The fourth-order valence-electron chi connectivity index (χ4n) is 1.57. The van der Waals surface area contributed by atoms with Crippen molar-refractivity contribution in [3.05, 3.63) is 0 Å². The zero-order chi connectivity index (χ0) is 9.99. The van der Waals surface area contributed by atoms with Crippen LogP contribution in [0.3, 0.4) is 0 Å².